The van der Waals surface area contributed by atoms with Gasteiger partial charge in [-0.2, -0.15) is 0 Å². The van der Waals surface area contributed by atoms with Gasteiger partial charge in [-0.3, -0.25) is 0 Å². The summed E-state index contributed by atoms with van der Waals surface area (Å²) in [7, 11) is 1.56. The van der Waals surface area contributed by atoms with Gasteiger partial charge in [-0.05, 0) is 23.4 Å². The Labute approximate surface area is 168 Å². The van der Waals surface area contributed by atoms with Crippen LogP contribution in [0.15, 0.2) is 24.3 Å². The predicted molar refractivity (Wildman–Crippen MR) is 100 cm³/mol. The third kappa shape index (κ3) is 4.78. The third-order valence-electron chi connectivity index (χ3n) is 2.90. The molecule has 0 aliphatic rings. The molecule has 0 saturated carbocycles. The fraction of sp³-hybridized carbons (Fsp3) is 0.214. The highest BCUT2D eigenvalue weighted by molar-refractivity contribution is 6.69. The molecule has 0 aliphatic heterocycles. The van der Waals surface area contributed by atoms with Gasteiger partial charge in [0.2, 0.25) is 7.59 Å². The largest absolute Gasteiger partial charge is 0.496 e. The van der Waals surface area contributed by atoms with Gasteiger partial charge in [0.1, 0.15) is 11.4 Å². The quantitative estimate of drug-likeness (QED) is 0.566. The highest BCUT2D eigenvalue weighted by Crippen LogP contribution is 2.48. The normalized spacial score (nSPS) is 12.6. The van der Waals surface area contributed by atoms with Gasteiger partial charge in [0, 0.05) is 5.56 Å². The number of halogens is 6. The first-order valence-corrected chi connectivity index (χ1v) is 8.60. The van der Waals surface area contributed by atoms with E-state index in [4.69, 9.17) is 74.3 Å². The fourth-order valence-electron chi connectivity index (χ4n) is 1.90. The van der Waals surface area contributed by atoms with Crippen LogP contribution in [0.3, 0.4) is 0 Å². The second-order valence-electron chi connectivity index (χ2n) is 4.47. The number of methoxy groups -OCH3 is 1. The summed E-state index contributed by atoms with van der Waals surface area (Å²) in [4.78, 5) is 0. The van der Waals surface area contributed by atoms with Crippen LogP contribution >= 0.6 is 69.6 Å². The summed E-state index contributed by atoms with van der Waals surface area (Å²) in [6, 6.07) is 7.34. The lowest BCUT2D eigenvalue weighted by atomic mass is 10.1. The molecule has 0 saturated heterocycles. The number of hydrogen-bond acceptors (Lipinski definition) is 4. The number of ether oxygens (including phenoxy) is 1. The predicted octanol–water partition coefficient (Wildman–Crippen LogP) is 5.70. The molecule has 128 valence electrons. The molecule has 0 fully saturated rings. The minimum Gasteiger partial charge on any atom is -0.496 e. The summed E-state index contributed by atoms with van der Waals surface area (Å²) in [6.07, 6.45) is 3.29. The van der Waals surface area contributed by atoms with Crippen molar-refractivity contribution in [2.24, 2.45) is 0 Å². The summed E-state index contributed by atoms with van der Waals surface area (Å²) in [5, 5.41) is 11.1. The zero-order valence-corrected chi connectivity index (χ0v) is 16.5. The maximum atomic E-state index is 6.00. The van der Waals surface area contributed by atoms with Gasteiger partial charge >= 0.3 is 0 Å². The smallest absolute Gasteiger partial charge is 0.234 e. The van der Waals surface area contributed by atoms with E-state index in [2.05, 4.69) is 15.4 Å². The van der Waals surface area contributed by atoms with Crippen LogP contribution in [0.2, 0.25) is 0 Å². The number of alkyl halides is 6. The highest BCUT2D eigenvalue weighted by atomic mass is 35.6. The Kier molecular flexibility index (Phi) is 6.46. The lowest BCUT2D eigenvalue weighted by Gasteiger charge is -2.20. The number of rotatable bonds is 3. The monoisotopic (exact) mass is 445 g/mol. The molecule has 0 bridgehead atoms. The lowest BCUT2D eigenvalue weighted by Crippen LogP contribution is -2.18. The summed E-state index contributed by atoms with van der Waals surface area (Å²) >= 11 is 35.7. The third-order valence-corrected chi connectivity index (χ3v) is 4.01. The van der Waals surface area contributed by atoms with Crippen molar-refractivity contribution in [2.45, 2.75) is 7.59 Å². The molecule has 4 nitrogen and oxygen atoms in total. The first-order chi connectivity index (χ1) is 11.1. The van der Waals surface area contributed by atoms with Crippen LogP contribution in [0.25, 0.3) is 12.2 Å². The van der Waals surface area contributed by atoms with E-state index in [0.29, 0.717) is 5.75 Å². The average Bonchev–Trinajstić information content (AvgIpc) is 2.51. The van der Waals surface area contributed by atoms with Crippen LogP contribution in [-0.4, -0.2) is 22.5 Å². The van der Waals surface area contributed by atoms with Crippen molar-refractivity contribution in [2.75, 3.05) is 7.11 Å². The SMILES string of the molecule is COc1ccccc1/C=C/c1nnnc(C(Cl)(Cl)Cl)c1C(Cl)(Cl)Cl. The van der Waals surface area contributed by atoms with Crippen LogP contribution in [0.5, 0.6) is 5.75 Å². The van der Waals surface area contributed by atoms with Crippen molar-refractivity contribution in [1.29, 1.82) is 0 Å². The van der Waals surface area contributed by atoms with Crippen molar-refractivity contribution < 1.29 is 4.74 Å². The molecule has 2 rings (SSSR count). The minimum atomic E-state index is -1.93. The van der Waals surface area contributed by atoms with E-state index in [1.165, 1.54) is 0 Å². The second kappa shape index (κ2) is 7.81. The molecule has 0 radical (unpaired) electrons. The maximum Gasteiger partial charge on any atom is 0.234 e. The Morgan fingerprint density at radius 1 is 0.917 bits per heavy atom. The van der Waals surface area contributed by atoms with Gasteiger partial charge in [0.05, 0.1) is 18.4 Å². The van der Waals surface area contributed by atoms with E-state index in [1.807, 2.05) is 18.2 Å². The summed E-state index contributed by atoms with van der Waals surface area (Å²) in [5.74, 6) is 0.660. The van der Waals surface area contributed by atoms with E-state index in [-0.39, 0.29) is 17.0 Å². The van der Waals surface area contributed by atoms with Crippen LogP contribution in [0, 0.1) is 0 Å². The molecule has 0 atom stereocenters. The standard InChI is InChI=1S/C14H9Cl6N3O/c1-24-10-5-3-2-4-8(10)6-7-9-11(13(15,16)17)12(14(18,19)20)22-23-21-9/h2-7H,1H3/b7-6+. The van der Waals surface area contributed by atoms with Gasteiger partial charge in [-0.15, -0.1) is 10.2 Å². The van der Waals surface area contributed by atoms with Gasteiger partial charge in [-0.1, -0.05) is 87.8 Å². The lowest BCUT2D eigenvalue weighted by molar-refractivity contribution is 0.414. The van der Waals surface area contributed by atoms with Crippen molar-refractivity contribution in [3.8, 4) is 5.75 Å². The maximum absolute atomic E-state index is 6.00. The number of hydrogen-bond donors (Lipinski definition) is 0. The Bertz CT molecular complexity index is 755. The van der Waals surface area contributed by atoms with Gasteiger partial charge in [-0.25, -0.2) is 0 Å². The van der Waals surface area contributed by atoms with E-state index < -0.39 is 7.59 Å². The van der Waals surface area contributed by atoms with E-state index in [9.17, 15) is 0 Å². The molecule has 0 amide bonds. The molecule has 24 heavy (non-hydrogen) atoms. The second-order valence-corrected chi connectivity index (χ2v) is 9.03. The zero-order valence-electron chi connectivity index (χ0n) is 12.0. The van der Waals surface area contributed by atoms with Gasteiger partial charge in [0.15, 0.2) is 0 Å². The van der Waals surface area contributed by atoms with Crippen LogP contribution in [0.4, 0.5) is 0 Å². The number of para-hydroxylation sites is 1. The molecular formula is C14H9Cl6N3O. The molecule has 1 aromatic carbocycles. The highest BCUT2D eigenvalue weighted by Gasteiger charge is 2.39. The van der Waals surface area contributed by atoms with Crippen molar-refractivity contribution >= 4 is 81.8 Å². The molecule has 1 heterocycles. The summed E-state index contributed by atoms with van der Waals surface area (Å²) in [6.45, 7) is 0. The zero-order chi connectivity index (χ0) is 18.0. The molecule has 10 heteroatoms. The van der Waals surface area contributed by atoms with Crippen molar-refractivity contribution in [3.05, 3.63) is 46.8 Å². The number of benzene rings is 1. The van der Waals surface area contributed by atoms with Crippen molar-refractivity contribution in [3.63, 3.8) is 0 Å². The Morgan fingerprint density at radius 2 is 1.58 bits per heavy atom. The van der Waals surface area contributed by atoms with Crippen LogP contribution in [0.1, 0.15) is 22.5 Å². The Morgan fingerprint density at radius 3 is 2.17 bits per heavy atom. The molecule has 2 aromatic rings. The van der Waals surface area contributed by atoms with E-state index in [0.717, 1.165) is 5.56 Å². The van der Waals surface area contributed by atoms with Gasteiger partial charge in [0.25, 0.3) is 0 Å². The first-order valence-electron chi connectivity index (χ1n) is 6.33. The molecule has 0 unspecified atom stereocenters. The van der Waals surface area contributed by atoms with E-state index >= 15 is 0 Å². The molecule has 1 aromatic heterocycles. The number of aromatic nitrogens is 3. The van der Waals surface area contributed by atoms with Crippen LogP contribution < -0.4 is 4.74 Å². The van der Waals surface area contributed by atoms with Gasteiger partial charge < -0.3 is 4.74 Å². The Hall–Kier alpha value is -0.490. The molecule has 0 N–H and O–H groups in total. The topological polar surface area (TPSA) is 47.9 Å². The van der Waals surface area contributed by atoms with Crippen LogP contribution in [-0.2, 0) is 7.59 Å². The summed E-state index contributed by atoms with van der Waals surface area (Å²) < 4.78 is 1.43. The fourth-order valence-corrected chi connectivity index (χ4v) is 2.86. The average molecular weight is 448 g/mol. The molecule has 0 spiro atoms. The minimum absolute atomic E-state index is 0.0358. The Balaban J connectivity index is 2.57. The first kappa shape index (κ1) is 19.8. The molecular weight excluding hydrogens is 439 g/mol. The van der Waals surface area contributed by atoms with E-state index in [1.54, 1.807) is 25.3 Å². The molecule has 0 aliphatic carbocycles. The summed E-state index contributed by atoms with van der Waals surface area (Å²) in [5.41, 5.74) is 0.914. The number of nitrogens with zero attached hydrogens (tertiary/aromatic N) is 3. The van der Waals surface area contributed by atoms with Crippen molar-refractivity contribution in [1.82, 2.24) is 15.4 Å².